The van der Waals surface area contributed by atoms with Crippen molar-refractivity contribution in [2.75, 3.05) is 31.9 Å². The molecule has 0 spiro atoms. The van der Waals surface area contributed by atoms with Gasteiger partial charge in [-0.25, -0.2) is 0 Å². The summed E-state index contributed by atoms with van der Waals surface area (Å²) in [6, 6.07) is 10.2. The van der Waals surface area contributed by atoms with E-state index in [9.17, 15) is 14.7 Å². The highest BCUT2D eigenvalue weighted by atomic mass is 28.3. The SMILES string of the molecule is C[Si](C)(C)CCOCN1C(=O)CC[C@@H]1COc1cc2nn(C3CCC(CO)CC3)cc2cc1NC(=O)c1ccccn1. The first-order valence-corrected chi connectivity index (χ1v) is 18.8. The number of carbonyl (C=O) groups is 2. The quantitative estimate of drug-likeness (QED) is 0.222. The first-order chi connectivity index (χ1) is 20.2. The van der Waals surface area contributed by atoms with Crippen molar-refractivity contribution >= 4 is 36.5 Å². The number of benzene rings is 1. The fourth-order valence-electron chi connectivity index (χ4n) is 5.62. The summed E-state index contributed by atoms with van der Waals surface area (Å²) in [6.45, 7) is 8.36. The number of carbonyl (C=O) groups excluding carboxylic acids is 2. The van der Waals surface area contributed by atoms with E-state index in [0.717, 1.165) is 42.6 Å². The fraction of sp³-hybridized carbons (Fsp3) is 0.548. The monoisotopic (exact) mass is 593 g/mol. The zero-order valence-electron chi connectivity index (χ0n) is 24.9. The minimum Gasteiger partial charge on any atom is -0.489 e. The molecule has 226 valence electrons. The molecule has 2 aliphatic rings. The van der Waals surface area contributed by atoms with Crippen LogP contribution in [0.25, 0.3) is 10.9 Å². The van der Waals surface area contributed by atoms with E-state index < -0.39 is 8.07 Å². The Morgan fingerprint density at radius 1 is 1.14 bits per heavy atom. The number of likely N-dealkylation sites (tertiary alicyclic amines) is 1. The first kappa shape index (κ1) is 30.2. The average Bonchev–Trinajstić information content (AvgIpc) is 3.56. The van der Waals surface area contributed by atoms with Crippen LogP contribution in [0, 0.1) is 5.92 Å². The Bertz CT molecular complexity index is 1370. The molecule has 42 heavy (non-hydrogen) atoms. The second-order valence-electron chi connectivity index (χ2n) is 12.8. The second-order valence-corrected chi connectivity index (χ2v) is 18.4. The van der Waals surface area contributed by atoms with Gasteiger partial charge in [-0.1, -0.05) is 25.7 Å². The number of nitrogens with zero attached hydrogens (tertiary/aromatic N) is 4. The number of nitrogens with one attached hydrogen (secondary N) is 1. The van der Waals surface area contributed by atoms with Gasteiger partial charge in [-0.05, 0) is 62.3 Å². The van der Waals surface area contributed by atoms with Crippen LogP contribution in [0.15, 0.2) is 42.7 Å². The number of hydrogen-bond donors (Lipinski definition) is 2. The predicted octanol–water partition coefficient (Wildman–Crippen LogP) is 5.09. The third-order valence-electron chi connectivity index (χ3n) is 8.33. The highest BCUT2D eigenvalue weighted by Gasteiger charge is 2.32. The molecular formula is C31H43N5O5Si. The summed E-state index contributed by atoms with van der Waals surface area (Å²) in [5, 5.41) is 18.3. The van der Waals surface area contributed by atoms with E-state index in [4.69, 9.17) is 14.6 Å². The molecule has 2 aromatic heterocycles. The molecule has 2 fully saturated rings. The predicted molar refractivity (Wildman–Crippen MR) is 164 cm³/mol. The molecule has 0 bridgehead atoms. The number of aromatic nitrogens is 3. The van der Waals surface area contributed by atoms with Crippen LogP contribution in [0.4, 0.5) is 5.69 Å². The average molecular weight is 594 g/mol. The van der Waals surface area contributed by atoms with Gasteiger partial charge in [0.25, 0.3) is 5.91 Å². The van der Waals surface area contributed by atoms with E-state index in [1.165, 1.54) is 0 Å². The number of anilines is 1. The van der Waals surface area contributed by atoms with Gasteiger partial charge in [0, 0.05) is 51.6 Å². The van der Waals surface area contributed by atoms with Crippen molar-refractivity contribution in [1.29, 1.82) is 0 Å². The van der Waals surface area contributed by atoms with Crippen LogP contribution in [0.5, 0.6) is 5.75 Å². The van der Waals surface area contributed by atoms with Crippen LogP contribution >= 0.6 is 0 Å². The molecule has 10 nitrogen and oxygen atoms in total. The van der Waals surface area contributed by atoms with Crippen LogP contribution in [0.3, 0.4) is 0 Å². The normalized spacial score (nSPS) is 21.2. The number of aliphatic hydroxyl groups excluding tert-OH is 1. The third-order valence-corrected chi connectivity index (χ3v) is 10.0. The molecule has 5 rings (SSSR count). The van der Waals surface area contributed by atoms with Crippen LogP contribution in [-0.2, 0) is 9.53 Å². The van der Waals surface area contributed by atoms with Crippen molar-refractivity contribution in [1.82, 2.24) is 19.7 Å². The third kappa shape index (κ3) is 7.56. The summed E-state index contributed by atoms with van der Waals surface area (Å²) in [6.07, 6.45) is 8.67. The van der Waals surface area contributed by atoms with E-state index in [0.29, 0.717) is 42.5 Å². The van der Waals surface area contributed by atoms with Crippen LogP contribution in [0.1, 0.15) is 55.1 Å². The van der Waals surface area contributed by atoms with Crippen molar-refractivity contribution in [3.05, 3.63) is 48.4 Å². The molecule has 3 heterocycles. The molecular weight excluding hydrogens is 550 g/mol. The maximum atomic E-state index is 13.0. The van der Waals surface area contributed by atoms with Gasteiger partial charge in [0.2, 0.25) is 5.91 Å². The smallest absolute Gasteiger partial charge is 0.274 e. The van der Waals surface area contributed by atoms with Gasteiger partial charge in [-0.3, -0.25) is 19.3 Å². The molecule has 1 aliphatic heterocycles. The number of pyridine rings is 1. The number of hydrogen-bond acceptors (Lipinski definition) is 7. The number of aliphatic hydroxyl groups is 1. The van der Waals surface area contributed by atoms with Crippen molar-refractivity contribution in [3.63, 3.8) is 0 Å². The van der Waals surface area contributed by atoms with Crippen LogP contribution < -0.4 is 10.1 Å². The number of amides is 2. The Morgan fingerprint density at radius 2 is 1.95 bits per heavy atom. The van der Waals surface area contributed by atoms with Crippen molar-refractivity contribution in [2.45, 2.75) is 76.3 Å². The van der Waals surface area contributed by atoms with Crippen molar-refractivity contribution in [3.8, 4) is 5.75 Å². The van der Waals surface area contributed by atoms with E-state index >= 15 is 0 Å². The Labute approximate surface area is 248 Å². The summed E-state index contributed by atoms with van der Waals surface area (Å²) >= 11 is 0. The lowest BCUT2D eigenvalue weighted by molar-refractivity contribution is -0.134. The molecule has 1 aromatic carbocycles. The Hall–Kier alpha value is -3.28. The molecule has 1 saturated carbocycles. The minimum atomic E-state index is -1.22. The van der Waals surface area contributed by atoms with Crippen LogP contribution in [0.2, 0.25) is 25.7 Å². The molecule has 1 aliphatic carbocycles. The minimum absolute atomic E-state index is 0.0744. The van der Waals surface area contributed by atoms with Gasteiger partial charge in [0.1, 0.15) is 24.8 Å². The van der Waals surface area contributed by atoms with Gasteiger partial charge in [-0.15, -0.1) is 0 Å². The zero-order valence-corrected chi connectivity index (χ0v) is 25.9. The second kappa shape index (κ2) is 13.3. The molecule has 3 aromatic rings. The maximum absolute atomic E-state index is 13.0. The Kier molecular flexibility index (Phi) is 9.59. The lowest BCUT2D eigenvalue weighted by atomic mass is 9.87. The Balaban J connectivity index is 1.33. The van der Waals surface area contributed by atoms with E-state index in [2.05, 4.69) is 29.9 Å². The summed E-state index contributed by atoms with van der Waals surface area (Å²) in [5.74, 6) is 0.612. The summed E-state index contributed by atoms with van der Waals surface area (Å²) < 4.78 is 14.2. The van der Waals surface area contributed by atoms with Crippen molar-refractivity contribution in [2.24, 2.45) is 5.92 Å². The number of fused-ring (bicyclic) bond motifs is 1. The van der Waals surface area contributed by atoms with E-state index in [1.807, 2.05) is 23.0 Å². The van der Waals surface area contributed by atoms with Gasteiger partial charge in [-0.2, -0.15) is 5.10 Å². The molecule has 2 amide bonds. The Morgan fingerprint density at radius 3 is 2.67 bits per heavy atom. The van der Waals surface area contributed by atoms with Gasteiger partial charge < -0.3 is 24.8 Å². The standard InChI is InChI=1S/C31H43N5O5Si/c1-42(2,3)15-14-40-21-35-25(11-12-30(35)38)20-41-29-17-27-23(16-28(29)33-31(39)26-6-4-5-13-32-26)18-36(34-27)24-9-7-22(19-37)8-10-24/h4-6,13,16-18,22,24-25,37H,7-12,14-15,19-21H2,1-3H3,(H,33,39)/t22?,24?,25-/m1/s1. The zero-order chi connectivity index (χ0) is 29.7. The lowest BCUT2D eigenvalue weighted by Crippen LogP contribution is -2.39. The van der Waals surface area contributed by atoms with Gasteiger partial charge >= 0.3 is 0 Å². The first-order valence-electron chi connectivity index (χ1n) is 15.1. The number of rotatable bonds is 12. The van der Waals surface area contributed by atoms with Crippen LogP contribution in [-0.4, -0.2) is 77.3 Å². The molecule has 1 atom stereocenters. The summed E-state index contributed by atoms with van der Waals surface area (Å²) in [7, 11) is -1.22. The highest BCUT2D eigenvalue weighted by molar-refractivity contribution is 6.76. The number of ether oxygens (including phenoxy) is 2. The van der Waals surface area contributed by atoms with E-state index in [-0.39, 0.29) is 43.8 Å². The summed E-state index contributed by atoms with van der Waals surface area (Å²) in [5.41, 5.74) is 1.62. The largest absolute Gasteiger partial charge is 0.489 e. The van der Waals surface area contributed by atoms with E-state index in [1.54, 1.807) is 29.3 Å². The van der Waals surface area contributed by atoms with Gasteiger partial charge in [0.15, 0.2) is 0 Å². The highest BCUT2D eigenvalue weighted by Crippen LogP contribution is 2.35. The molecule has 0 radical (unpaired) electrons. The van der Waals surface area contributed by atoms with Gasteiger partial charge in [0.05, 0.1) is 23.3 Å². The maximum Gasteiger partial charge on any atom is 0.274 e. The summed E-state index contributed by atoms with van der Waals surface area (Å²) in [4.78, 5) is 31.6. The molecule has 11 heteroatoms. The molecule has 1 saturated heterocycles. The fourth-order valence-corrected chi connectivity index (χ4v) is 6.38. The topological polar surface area (TPSA) is 119 Å². The lowest BCUT2D eigenvalue weighted by Gasteiger charge is -2.27. The van der Waals surface area contributed by atoms with Crippen molar-refractivity contribution < 1.29 is 24.2 Å². The molecule has 2 N–H and O–H groups in total. The molecule has 0 unspecified atom stereocenters.